The van der Waals surface area contributed by atoms with Gasteiger partial charge < -0.3 is 9.09 Å². The average molecular weight is 418 g/mol. The molecule has 1 aliphatic rings. The number of sulfonamides is 1. The lowest BCUT2D eigenvalue weighted by Crippen LogP contribution is -2.16. The summed E-state index contributed by atoms with van der Waals surface area (Å²) in [4.78, 5) is 4.48. The number of hydrogen-bond donors (Lipinski definition) is 1. The van der Waals surface area contributed by atoms with Gasteiger partial charge in [0.15, 0.2) is 5.82 Å². The fourth-order valence-corrected chi connectivity index (χ4v) is 5.21. The Morgan fingerprint density at radius 2 is 1.97 bits per heavy atom. The SMILES string of the molecule is CCn1c(C)c(-c2nc(C3CC3)no2)c(S(=O)(=O)Nc2ccc(C)cc2F)c1C. The van der Waals surface area contributed by atoms with Crippen LogP contribution >= 0.6 is 0 Å². The van der Waals surface area contributed by atoms with Crippen molar-refractivity contribution in [1.82, 2.24) is 14.7 Å². The summed E-state index contributed by atoms with van der Waals surface area (Å²) in [5, 5.41) is 4.02. The summed E-state index contributed by atoms with van der Waals surface area (Å²) >= 11 is 0. The van der Waals surface area contributed by atoms with Crippen LogP contribution in [0.15, 0.2) is 27.6 Å². The third-order valence-electron chi connectivity index (χ3n) is 5.28. The fourth-order valence-electron chi connectivity index (χ4n) is 3.65. The van der Waals surface area contributed by atoms with Crippen molar-refractivity contribution < 1.29 is 17.3 Å². The molecular weight excluding hydrogens is 395 g/mol. The Hall–Kier alpha value is -2.68. The Labute approximate surface area is 169 Å². The van der Waals surface area contributed by atoms with Crippen molar-refractivity contribution in [2.75, 3.05) is 4.72 Å². The fraction of sp³-hybridized carbons (Fsp3) is 0.400. The summed E-state index contributed by atoms with van der Waals surface area (Å²) in [5.41, 5.74) is 2.21. The molecule has 0 amide bonds. The van der Waals surface area contributed by atoms with Gasteiger partial charge in [-0.05, 0) is 58.2 Å². The molecule has 0 radical (unpaired) electrons. The van der Waals surface area contributed by atoms with E-state index in [2.05, 4.69) is 14.9 Å². The van der Waals surface area contributed by atoms with Gasteiger partial charge in [-0.25, -0.2) is 12.8 Å². The number of aryl methyl sites for hydroxylation is 1. The number of anilines is 1. The van der Waals surface area contributed by atoms with Crippen LogP contribution in [0.2, 0.25) is 0 Å². The zero-order valence-electron chi connectivity index (χ0n) is 16.8. The van der Waals surface area contributed by atoms with Crippen LogP contribution in [0.5, 0.6) is 0 Å². The van der Waals surface area contributed by atoms with E-state index in [1.54, 1.807) is 19.9 Å². The molecule has 3 aromatic rings. The lowest BCUT2D eigenvalue weighted by Gasteiger charge is -2.11. The first-order valence-electron chi connectivity index (χ1n) is 9.55. The van der Waals surface area contributed by atoms with E-state index in [-0.39, 0.29) is 22.4 Å². The van der Waals surface area contributed by atoms with Gasteiger partial charge in [0.25, 0.3) is 15.9 Å². The minimum absolute atomic E-state index is 0.0304. The Balaban J connectivity index is 1.85. The number of hydrogen-bond acceptors (Lipinski definition) is 5. The Morgan fingerprint density at radius 3 is 2.59 bits per heavy atom. The first kappa shape index (κ1) is 19.6. The average Bonchev–Trinajstić information content (AvgIpc) is 3.32. The van der Waals surface area contributed by atoms with Gasteiger partial charge in [0.2, 0.25) is 0 Å². The minimum Gasteiger partial charge on any atom is -0.347 e. The molecule has 0 spiro atoms. The summed E-state index contributed by atoms with van der Waals surface area (Å²) in [6.07, 6.45) is 2.01. The predicted molar refractivity (Wildman–Crippen MR) is 107 cm³/mol. The molecule has 9 heteroatoms. The maximum absolute atomic E-state index is 14.3. The number of rotatable bonds is 6. The second kappa shape index (κ2) is 6.98. The highest BCUT2D eigenvalue weighted by Crippen LogP contribution is 2.41. The number of halogens is 1. The quantitative estimate of drug-likeness (QED) is 0.645. The lowest BCUT2D eigenvalue weighted by atomic mass is 10.2. The summed E-state index contributed by atoms with van der Waals surface area (Å²) < 4.78 is 50.6. The maximum Gasteiger partial charge on any atom is 0.264 e. The van der Waals surface area contributed by atoms with Crippen molar-refractivity contribution in [3.63, 3.8) is 0 Å². The number of nitrogens with zero attached hydrogens (tertiary/aromatic N) is 3. The molecule has 1 N–H and O–H groups in total. The molecule has 1 aromatic carbocycles. The van der Waals surface area contributed by atoms with Gasteiger partial charge in [0.05, 0.1) is 11.3 Å². The number of nitrogens with one attached hydrogen (secondary N) is 1. The zero-order chi connectivity index (χ0) is 20.9. The first-order chi connectivity index (χ1) is 13.7. The van der Waals surface area contributed by atoms with Gasteiger partial charge in [-0.2, -0.15) is 4.98 Å². The van der Waals surface area contributed by atoms with E-state index in [1.807, 2.05) is 18.4 Å². The van der Waals surface area contributed by atoms with E-state index < -0.39 is 15.8 Å². The molecule has 2 heterocycles. The van der Waals surface area contributed by atoms with Crippen LogP contribution in [0.4, 0.5) is 10.1 Å². The predicted octanol–water partition coefficient (Wildman–Crippen LogP) is 4.30. The van der Waals surface area contributed by atoms with E-state index in [4.69, 9.17) is 4.52 Å². The van der Waals surface area contributed by atoms with Crippen LogP contribution in [0.25, 0.3) is 11.5 Å². The third-order valence-corrected chi connectivity index (χ3v) is 6.80. The van der Waals surface area contributed by atoms with Crippen LogP contribution in [0, 0.1) is 26.6 Å². The summed E-state index contributed by atoms with van der Waals surface area (Å²) in [5.74, 6) is 0.418. The van der Waals surface area contributed by atoms with E-state index in [0.717, 1.165) is 12.8 Å². The second-order valence-corrected chi connectivity index (χ2v) is 9.06. The topological polar surface area (TPSA) is 90.0 Å². The molecule has 2 aromatic heterocycles. The molecule has 29 heavy (non-hydrogen) atoms. The molecule has 7 nitrogen and oxygen atoms in total. The van der Waals surface area contributed by atoms with E-state index in [9.17, 15) is 12.8 Å². The Bertz CT molecular complexity index is 1190. The van der Waals surface area contributed by atoms with Gasteiger partial charge in [0.1, 0.15) is 10.7 Å². The third kappa shape index (κ3) is 3.43. The molecule has 154 valence electrons. The summed E-state index contributed by atoms with van der Waals surface area (Å²) in [7, 11) is -4.10. The smallest absolute Gasteiger partial charge is 0.264 e. The molecular formula is C20H23FN4O3S. The van der Waals surface area contributed by atoms with Gasteiger partial charge in [-0.15, -0.1) is 0 Å². The van der Waals surface area contributed by atoms with Crippen LogP contribution in [-0.2, 0) is 16.6 Å². The monoisotopic (exact) mass is 418 g/mol. The molecule has 0 bridgehead atoms. The highest BCUT2D eigenvalue weighted by atomic mass is 32.2. The second-order valence-electron chi connectivity index (χ2n) is 7.44. The van der Waals surface area contributed by atoms with Gasteiger partial charge in [-0.3, -0.25) is 4.72 Å². The van der Waals surface area contributed by atoms with Crippen LogP contribution < -0.4 is 4.72 Å². The normalized spacial score (nSPS) is 14.4. The van der Waals surface area contributed by atoms with E-state index >= 15 is 0 Å². The van der Waals surface area contributed by atoms with Crippen molar-refractivity contribution in [1.29, 1.82) is 0 Å². The number of aromatic nitrogens is 3. The minimum atomic E-state index is -4.10. The molecule has 0 aliphatic heterocycles. The summed E-state index contributed by atoms with van der Waals surface area (Å²) in [6, 6.07) is 4.35. The highest BCUT2D eigenvalue weighted by Gasteiger charge is 2.34. The van der Waals surface area contributed by atoms with Gasteiger partial charge in [0, 0.05) is 23.9 Å². The first-order valence-corrected chi connectivity index (χ1v) is 11.0. The van der Waals surface area contributed by atoms with Crippen molar-refractivity contribution in [3.05, 3.63) is 46.8 Å². The molecule has 4 rings (SSSR count). The molecule has 0 unspecified atom stereocenters. The van der Waals surface area contributed by atoms with E-state index in [1.165, 1.54) is 12.1 Å². The lowest BCUT2D eigenvalue weighted by molar-refractivity contribution is 0.421. The van der Waals surface area contributed by atoms with Gasteiger partial charge >= 0.3 is 0 Å². The summed E-state index contributed by atoms with van der Waals surface area (Å²) in [6.45, 7) is 7.78. The molecule has 1 fully saturated rings. The highest BCUT2D eigenvalue weighted by molar-refractivity contribution is 7.93. The number of benzene rings is 1. The Kier molecular flexibility index (Phi) is 4.72. The Morgan fingerprint density at radius 1 is 1.24 bits per heavy atom. The molecule has 1 aliphatic carbocycles. The van der Waals surface area contributed by atoms with Crippen molar-refractivity contribution in [2.24, 2.45) is 0 Å². The largest absolute Gasteiger partial charge is 0.347 e. The molecule has 0 atom stereocenters. The maximum atomic E-state index is 14.3. The molecule has 0 saturated heterocycles. The van der Waals surface area contributed by atoms with Crippen molar-refractivity contribution in [2.45, 2.75) is 57.9 Å². The van der Waals surface area contributed by atoms with Crippen LogP contribution in [0.3, 0.4) is 0 Å². The van der Waals surface area contributed by atoms with Crippen molar-refractivity contribution in [3.8, 4) is 11.5 Å². The zero-order valence-corrected chi connectivity index (χ0v) is 17.6. The standard InChI is InChI=1S/C20H23FN4O3S/c1-5-25-12(3)17(20-22-19(23-28-20)14-7-8-14)18(13(25)4)29(26,27)24-16-9-6-11(2)10-15(16)21/h6,9-10,14,24H,5,7-8H2,1-4H3. The van der Waals surface area contributed by atoms with Crippen LogP contribution in [0.1, 0.15) is 48.5 Å². The van der Waals surface area contributed by atoms with Gasteiger partial charge in [-0.1, -0.05) is 11.2 Å². The van der Waals surface area contributed by atoms with Crippen LogP contribution in [-0.4, -0.2) is 23.1 Å². The van der Waals surface area contributed by atoms with E-state index in [0.29, 0.717) is 34.9 Å². The van der Waals surface area contributed by atoms with Crippen molar-refractivity contribution >= 4 is 15.7 Å². The molecule has 1 saturated carbocycles.